The van der Waals surface area contributed by atoms with Crippen molar-refractivity contribution in [2.24, 2.45) is 0 Å². The van der Waals surface area contributed by atoms with Crippen LogP contribution in [0.4, 0.5) is 11.4 Å². The van der Waals surface area contributed by atoms with Crippen LogP contribution in [0, 0.1) is 0 Å². The summed E-state index contributed by atoms with van der Waals surface area (Å²) in [6, 6.07) is 3.75. The minimum atomic E-state index is 0.296. The van der Waals surface area contributed by atoms with Gasteiger partial charge in [0, 0.05) is 12.6 Å². The molecular formula is C13H21Cl2N3. The highest BCUT2D eigenvalue weighted by Crippen LogP contribution is 2.31. The van der Waals surface area contributed by atoms with Crippen LogP contribution >= 0.6 is 23.2 Å². The number of likely N-dealkylation sites (N-methyl/N-ethyl adjacent to an activating group) is 1. The Balaban J connectivity index is 2.69. The van der Waals surface area contributed by atoms with Gasteiger partial charge in [0.2, 0.25) is 0 Å². The van der Waals surface area contributed by atoms with Crippen molar-refractivity contribution in [2.75, 3.05) is 30.7 Å². The van der Waals surface area contributed by atoms with Crippen LogP contribution in [0.5, 0.6) is 0 Å². The molecular weight excluding hydrogens is 269 g/mol. The van der Waals surface area contributed by atoms with Gasteiger partial charge in [0.1, 0.15) is 0 Å². The minimum absolute atomic E-state index is 0.296. The fourth-order valence-corrected chi connectivity index (χ4v) is 2.20. The molecule has 1 atom stereocenters. The molecule has 102 valence electrons. The lowest BCUT2D eigenvalue weighted by Gasteiger charge is -2.24. The number of hydrogen-bond acceptors (Lipinski definition) is 3. The van der Waals surface area contributed by atoms with Crippen molar-refractivity contribution in [2.45, 2.75) is 26.8 Å². The van der Waals surface area contributed by atoms with E-state index in [0.29, 0.717) is 21.8 Å². The standard InChI is InChI=1S/C13H21Cl2N3/c1-4-18(5-2)8-9(3)17-13-7-11(15)10(14)6-12(13)16/h6-7,9,17H,4-5,8,16H2,1-3H3. The summed E-state index contributed by atoms with van der Waals surface area (Å²) in [5.41, 5.74) is 7.37. The van der Waals surface area contributed by atoms with E-state index in [1.807, 2.05) is 0 Å². The summed E-state index contributed by atoms with van der Waals surface area (Å²) in [6.07, 6.45) is 0. The van der Waals surface area contributed by atoms with Gasteiger partial charge < -0.3 is 16.0 Å². The van der Waals surface area contributed by atoms with E-state index in [1.165, 1.54) is 0 Å². The zero-order chi connectivity index (χ0) is 13.7. The summed E-state index contributed by atoms with van der Waals surface area (Å²) in [7, 11) is 0. The topological polar surface area (TPSA) is 41.3 Å². The Bertz CT molecular complexity index is 392. The Labute approximate surface area is 119 Å². The Hall–Kier alpha value is -0.640. The number of benzene rings is 1. The van der Waals surface area contributed by atoms with Crippen LogP contribution in [0.2, 0.25) is 10.0 Å². The first kappa shape index (κ1) is 15.4. The fourth-order valence-electron chi connectivity index (χ4n) is 1.87. The molecule has 0 aliphatic carbocycles. The minimum Gasteiger partial charge on any atom is -0.397 e. The molecule has 0 saturated heterocycles. The maximum absolute atomic E-state index is 5.99. The van der Waals surface area contributed by atoms with Gasteiger partial charge >= 0.3 is 0 Å². The predicted octanol–water partition coefficient (Wildman–Crippen LogP) is 3.72. The summed E-state index contributed by atoms with van der Waals surface area (Å²) >= 11 is 11.9. The second-order valence-corrected chi connectivity index (χ2v) is 5.20. The van der Waals surface area contributed by atoms with Gasteiger partial charge in [0.25, 0.3) is 0 Å². The van der Waals surface area contributed by atoms with Gasteiger partial charge in [0.15, 0.2) is 0 Å². The summed E-state index contributed by atoms with van der Waals surface area (Å²) < 4.78 is 0. The molecule has 18 heavy (non-hydrogen) atoms. The Morgan fingerprint density at radius 1 is 1.22 bits per heavy atom. The third kappa shape index (κ3) is 4.23. The number of rotatable bonds is 6. The fraction of sp³-hybridized carbons (Fsp3) is 0.538. The van der Waals surface area contributed by atoms with E-state index in [2.05, 4.69) is 31.0 Å². The van der Waals surface area contributed by atoms with Crippen molar-refractivity contribution < 1.29 is 0 Å². The number of nitrogens with zero attached hydrogens (tertiary/aromatic N) is 1. The van der Waals surface area contributed by atoms with Crippen LogP contribution in [-0.4, -0.2) is 30.6 Å². The van der Waals surface area contributed by atoms with Crippen LogP contribution in [0.1, 0.15) is 20.8 Å². The molecule has 0 amide bonds. The smallest absolute Gasteiger partial charge is 0.0614 e. The number of hydrogen-bond donors (Lipinski definition) is 2. The molecule has 0 aromatic heterocycles. The Morgan fingerprint density at radius 2 is 1.78 bits per heavy atom. The molecule has 1 unspecified atom stereocenters. The number of nitrogens with two attached hydrogens (primary N) is 1. The molecule has 0 radical (unpaired) electrons. The van der Waals surface area contributed by atoms with Crippen molar-refractivity contribution in [1.29, 1.82) is 0 Å². The van der Waals surface area contributed by atoms with Gasteiger partial charge in [-0.15, -0.1) is 0 Å². The average molecular weight is 290 g/mol. The highest BCUT2D eigenvalue weighted by atomic mass is 35.5. The summed E-state index contributed by atoms with van der Waals surface area (Å²) in [4.78, 5) is 2.35. The van der Waals surface area contributed by atoms with Crippen LogP contribution < -0.4 is 11.1 Å². The first-order valence-corrected chi connectivity index (χ1v) is 6.96. The largest absolute Gasteiger partial charge is 0.397 e. The second kappa shape index (κ2) is 7.07. The predicted molar refractivity (Wildman–Crippen MR) is 81.7 cm³/mol. The molecule has 0 bridgehead atoms. The lowest BCUT2D eigenvalue weighted by molar-refractivity contribution is 0.295. The van der Waals surface area contributed by atoms with Gasteiger partial charge in [-0.2, -0.15) is 0 Å². The Kier molecular flexibility index (Phi) is 6.06. The highest BCUT2D eigenvalue weighted by Gasteiger charge is 2.10. The number of anilines is 2. The van der Waals surface area contributed by atoms with Crippen molar-refractivity contribution in [1.82, 2.24) is 4.90 Å². The van der Waals surface area contributed by atoms with E-state index in [1.54, 1.807) is 12.1 Å². The normalized spacial score (nSPS) is 12.8. The van der Waals surface area contributed by atoms with Crippen molar-refractivity contribution in [3.05, 3.63) is 22.2 Å². The van der Waals surface area contributed by atoms with Crippen LogP contribution in [0.25, 0.3) is 0 Å². The third-order valence-corrected chi connectivity index (χ3v) is 3.64. The van der Waals surface area contributed by atoms with Gasteiger partial charge in [-0.25, -0.2) is 0 Å². The van der Waals surface area contributed by atoms with E-state index in [4.69, 9.17) is 28.9 Å². The van der Waals surface area contributed by atoms with E-state index in [-0.39, 0.29) is 0 Å². The summed E-state index contributed by atoms with van der Waals surface area (Å²) in [6.45, 7) is 9.49. The van der Waals surface area contributed by atoms with Gasteiger partial charge in [-0.1, -0.05) is 37.0 Å². The Morgan fingerprint density at radius 3 is 2.33 bits per heavy atom. The molecule has 1 aromatic rings. The van der Waals surface area contributed by atoms with Crippen molar-refractivity contribution in [3.8, 4) is 0 Å². The lowest BCUT2D eigenvalue weighted by Crippen LogP contribution is -2.34. The average Bonchev–Trinajstić information content (AvgIpc) is 2.33. The van der Waals surface area contributed by atoms with Crippen molar-refractivity contribution >= 4 is 34.6 Å². The van der Waals surface area contributed by atoms with Crippen molar-refractivity contribution in [3.63, 3.8) is 0 Å². The molecule has 0 aliphatic heterocycles. The molecule has 0 aliphatic rings. The maximum Gasteiger partial charge on any atom is 0.0614 e. The quantitative estimate of drug-likeness (QED) is 0.785. The number of nitrogens with one attached hydrogen (secondary N) is 1. The molecule has 0 saturated carbocycles. The lowest BCUT2D eigenvalue weighted by atomic mass is 10.2. The van der Waals surface area contributed by atoms with Gasteiger partial charge in [-0.05, 0) is 32.1 Å². The molecule has 5 heteroatoms. The van der Waals surface area contributed by atoms with Crippen LogP contribution in [0.3, 0.4) is 0 Å². The van der Waals surface area contributed by atoms with Gasteiger partial charge in [-0.3, -0.25) is 0 Å². The van der Waals surface area contributed by atoms with E-state index >= 15 is 0 Å². The maximum atomic E-state index is 5.99. The van der Waals surface area contributed by atoms with E-state index in [0.717, 1.165) is 25.3 Å². The molecule has 0 heterocycles. The summed E-state index contributed by atoms with van der Waals surface area (Å²) in [5.74, 6) is 0. The molecule has 0 spiro atoms. The molecule has 0 fully saturated rings. The molecule has 1 aromatic carbocycles. The first-order valence-electron chi connectivity index (χ1n) is 6.21. The zero-order valence-electron chi connectivity index (χ0n) is 11.1. The number of halogens is 2. The third-order valence-electron chi connectivity index (χ3n) is 2.92. The monoisotopic (exact) mass is 289 g/mol. The molecule has 1 rings (SSSR count). The van der Waals surface area contributed by atoms with E-state index in [9.17, 15) is 0 Å². The molecule has 3 nitrogen and oxygen atoms in total. The van der Waals surface area contributed by atoms with E-state index < -0.39 is 0 Å². The number of nitrogen functional groups attached to an aromatic ring is 1. The second-order valence-electron chi connectivity index (χ2n) is 4.38. The molecule has 3 N–H and O–H groups in total. The zero-order valence-corrected chi connectivity index (χ0v) is 12.6. The van der Waals surface area contributed by atoms with Crippen LogP contribution in [0.15, 0.2) is 12.1 Å². The first-order chi connectivity index (χ1) is 8.47. The highest BCUT2D eigenvalue weighted by molar-refractivity contribution is 6.42. The summed E-state index contributed by atoms with van der Waals surface area (Å²) in [5, 5.41) is 4.37. The van der Waals surface area contributed by atoms with Gasteiger partial charge in [0.05, 0.1) is 21.4 Å². The SMILES string of the molecule is CCN(CC)CC(C)Nc1cc(Cl)c(Cl)cc1N. The van der Waals surface area contributed by atoms with Crippen LogP contribution in [-0.2, 0) is 0 Å².